The van der Waals surface area contributed by atoms with Crippen LogP contribution in [0, 0.1) is 17.2 Å². The summed E-state index contributed by atoms with van der Waals surface area (Å²) in [5.41, 5.74) is 1.39. The second-order valence-electron chi connectivity index (χ2n) is 6.06. The van der Waals surface area contributed by atoms with Crippen molar-refractivity contribution in [1.82, 2.24) is 9.29 Å². The predicted molar refractivity (Wildman–Crippen MR) is 92.3 cm³/mol. The molecule has 0 unspecified atom stereocenters. The number of rotatable bonds is 5. The number of hydrogen-bond acceptors (Lipinski definition) is 5. The molecule has 0 bridgehead atoms. The maximum atomic E-state index is 13.0. The van der Waals surface area contributed by atoms with Crippen LogP contribution in [0.25, 0.3) is 0 Å². The van der Waals surface area contributed by atoms with Crippen LogP contribution >= 0.6 is 0 Å². The molecule has 0 saturated carbocycles. The van der Waals surface area contributed by atoms with Gasteiger partial charge in [-0.15, -0.1) is 0 Å². The summed E-state index contributed by atoms with van der Waals surface area (Å²) in [6, 6.07) is 11.9. The van der Waals surface area contributed by atoms with Gasteiger partial charge >= 0.3 is 0 Å². The van der Waals surface area contributed by atoms with Gasteiger partial charge in [0, 0.05) is 44.4 Å². The van der Waals surface area contributed by atoms with Crippen molar-refractivity contribution in [3.8, 4) is 6.07 Å². The fourth-order valence-electron chi connectivity index (χ4n) is 3.27. The molecule has 1 saturated heterocycles. The Morgan fingerprint density at radius 3 is 2.72 bits per heavy atom. The third-order valence-electron chi connectivity index (χ3n) is 4.52. The molecule has 7 heteroatoms. The minimum absolute atomic E-state index is 0.0527. The van der Waals surface area contributed by atoms with Crippen molar-refractivity contribution >= 4 is 10.0 Å². The molecule has 0 aliphatic carbocycles. The van der Waals surface area contributed by atoms with Crippen molar-refractivity contribution < 1.29 is 13.2 Å². The maximum absolute atomic E-state index is 13.0. The van der Waals surface area contributed by atoms with E-state index >= 15 is 0 Å². The zero-order valence-electron chi connectivity index (χ0n) is 13.9. The number of aromatic nitrogens is 1. The maximum Gasteiger partial charge on any atom is 0.243 e. The van der Waals surface area contributed by atoms with Gasteiger partial charge in [0.1, 0.15) is 0 Å². The third-order valence-corrected chi connectivity index (χ3v) is 6.35. The average molecular weight is 357 g/mol. The number of nitrogens with zero attached hydrogens (tertiary/aromatic N) is 3. The number of sulfonamides is 1. The lowest BCUT2D eigenvalue weighted by atomic mass is 9.90. The van der Waals surface area contributed by atoms with Crippen molar-refractivity contribution in [3.05, 3.63) is 59.9 Å². The zero-order chi connectivity index (χ0) is 17.9. The summed E-state index contributed by atoms with van der Waals surface area (Å²) in [5, 5.41) is 9.01. The van der Waals surface area contributed by atoms with E-state index in [2.05, 4.69) is 4.98 Å². The quantitative estimate of drug-likeness (QED) is 0.817. The highest BCUT2D eigenvalue weighted by Crippen LogP contribution is 2.35. The Hall–Kier alpha value is -2.27. The van der Waals surface area contributed by atoms with Crippen LogP contribution in [-0.2, 0) is 14.8 Å². The Bertz CT molecular complexity index is 878. The van der Waals surface area contributed by atoms with Crippen LogP contribution < -0.4 is 0 Å². The molecular weight excluding hydrogens is 338 g/mol. The Labute approximate surface area is 147 Å². The highest BCUT2D eigenvalue weighted by molar-refractivity contribution is 7.89. The molecule has 0 amide bonds. The fraction of sp³-hybridized carbons (Fsp3) is 0.333. The Morgan fingerprint density at radius 1 is 1.28 bits per heavy atom. The summed E-state index contributed by atoms with van der Waals surface area (Å²) in [6.45, 7) is 1.26. The fourth-order valence-corrected chi connectivity index (χ4v) is 4.84. The average Bonchev–Trinajstić information content (AvgIpc) is 3.07. The molecule has 0 N–H and O–H groups in total. The molecule has 2 heterocycles. The smallest absolute Gasteiger partial charge is 0.243 e. The molecule has 1 aromatic heterocycles. The number of pyridine rings is 1. The molecule has 25 heavy (non-hydrogen) atoms. The first-order chi connectivity index (χ1) is 12.1. The van der Waals surface area contributed by atoms with Gasteiger partial charge in [0.2, 0.25) is 10.0 Å². The minimum atomic E-state index is -3.65. The summed E-state index contributed by atoms with van der Waals surface area (Å²) in [4.78, 5) is 4.18. The lowest BCUT2D eigenvalue weighted by Crippen LogP contribution is -2.29. The van der Waals surface area contributed by atoms with Gasteiger partial charge in [-0.2, -0.15) is 9.57 Å². The van der Waals surface area contributed by atoms with E-state index in [1.807, 2.05) is 18.2 Å². The first kappa shape index (κ1) is 17.5. The van der Waals surface area contributed by atoms with Crippen LogP contribution in [0.1, 0.15) is 17.0 Å². The second-order valence-corrected chi connectivity index (χ2v) is 8.00. The molecule has 0 spiro atoms. The summed E-state index contributed by atoms with van der Waals surface area (Å²) < 4.78 is 32.8. The van der Waals surface area contributed by atoms with Gasteiger partial charge in [-0.25, -0.2) is 8.42 Å². The molecule has 0 radical (unpaired) electrons. The summed E-state index contributed by atoms with van der Waals surface area (Å²) in [5.74, 6) is 0.123. The number of ether oxygens (including phenoxy) is 1. The number of nitriles is 1. The lowest BCUT2D eigenvalue weighted by Gasteiger charge is -2.17. The topological polar surface area (TPSA) is 83.3 Å². The highest BCUT2D eigenvalue weighted by atomic mass is 32.2. The molecule has 130 valence electrons. The normalized spacial score (nSPS) is 21.1. The van der Waals surface area contributed by atoms with E-state index < -0.39 is 10.0 Å². The van der Waals surface area contributed by atoms with Crippen LogP contribution in [0.15, 0.2) is 53.7 Å². The highest BCUT2D eigenvalue weighted by Gasteiger charge is 2.40. The summed E-state index contributed by atoms with van der Waals surface area (Å²) >= 11 is 0. The molecule has 1 aromatic carbocycles. The van der Waals surface area contributed by atoms with Gasteiger partial charge in [-0.1, -0.05) is 6.07 Å². The Morgan fingerprint density at radius 2 is 2.04 bits per heavy atom. The third kappa shape index (κ3) is 3.56. The predicted octanol–water partition coefficient (Wildman–Crippen LogP) is 2.00. The van der Waals surface area contributed by atoms with E-state index in [9.17, 15) is 8.42 Å². The van der Waals surface area contributed by atoms with Gasteiger partial charge in [0.25, 0.3) is 0 Å². The SMILES string of the molecule is COC[C@@H]1CN(S(=O)(=O)c2cccc(C#N)c2)C[C@H]1c1ccncc1. The molecular formula is C18H19N3O3S. The van der Waals surface area contributed by atoms with Crippen LogP contribution in [0.5, 0.6) is 0 Å². The molecule has 1 aliphatic rings. The summed E-state index contributed by atoms with van der Waals surface area (Å²) in [7, 11) is -2.03. The van der Waals surface area contributed by atoms with Gasteiger partial charge in [0.05, 0.1) is 23.1 Å². The molecule has 6 nitrogen and oxygen atoms in total. The second kappa shape index (κ2) is 7.31. The van der Waals surface area contributed by atoms with Crippen molar-refractivity contribution in [1.29, 1.82) is 5.26 Å². The first-order valence-electron chi connectivity index (χ1n) is 7.95. The van der Waals surface area contributed by atoms with E-state index in [0.717, 1.165) is 5.56 Å². The number of hydrogen-bond donors (Lipinski definition) is 0. The number of methoxy groups -OCH3 is 1. The molecule has 1 aliphatic heterocycles. The zero-order valence-corrected chi connectivity index (χ0v) is 14.7. The molecule has 2 aromatic rings. The molecule has 2 atom stereocenters. The van der Waals surface area contributed by atoms with Gasteiger partial charge in [-0.05, 0) is 35.9 Å². The van der Waals surface area contributed by atoms with E-state index in [1.165, 1.54) is 16.4 Å². The first-order valence-corrected chi connectivity index (χ1v) is 9.39. The van der Waals surface area contributed by atoms with Gasteiger partial charge in [0.15, 0.2) is 0 Å². The lowest BCUT2D eigenvalue weighted by molar-refractivity contribution is 0.151. The van der Waals surface area contributed by atoms with Crippen molar-refractivity contribution in [2.45, 2.75) is 10.8 Å². The van der Waals surface area contributed by atoms with Gasteiger partial charge in [-0.3, -0.25) is 4.98 Å². The number of benzene rings is 1. The van der Waals surface area contributed by atoms with E-state index in [1.54, 1.807) is 31.6 Å². The standard InChI is InChI=1S/C18H19N3O3S/c1-24-13-16-11-21(12-18(16)15-5-7-20-8-6-15)25(22,23)17-4-2-3-14(9-17)10-19/h2-9,16,18H,11-13H2,1H3/t16-,18-/m0/s1. The van der Waals surface area contributed by atoms with E-state index in [-0.39, 0.29) is 16.7 Å². The van der Waals surface area contributed by atoms with Crippen LogP contribution in [-0.4, -0.2) is 44.5 Å². The van der Waals surface area contributed by atoms with Crippen LogP contribution in [0.3, 0.4) is 0 Å². The molecule has 3 rings (SSSR count). The minimum Gasteiger partial charge on any atom is -0.384 e. The van der Waals surface area contributed by atoms with Crippen molar-refractivity contribution in [2.24, 2.45) is 5.92 Å². The largest absolute Gasteiger partial charge is 0.384 e. The Balaban J connectivity index is 1.91. The van der Waals surface area contributed by atoms with E-state index in [0.29, 0.717) is 25.3 Å². The van der Waals surface area contributed by atoms with Crippen LogP contribution in [0.4, 0.5) is 0 Å². The van der Waals surface area contributed by atoms with Crippen molar-refractivity contribution in [3.63, 3.8) is 0 Å². The Kier molecular flexibility index (Phi) is 5.13. The monoisotopic (exact) mass is 357 g/mol. The van der Waals surface area contributed by atoms with Gasteiger partial charge < -0.3 is 4.74 Å². The molecule has 1 fully saturated rings. The summed E-state index contributed by atoms with van der Waals surface area (Å²) in [6.07, 6.45) is 3.43. The van der Waals surface area contributed by atoms with Crippen molar-refractivity contribution in [2.75, 3.05) is 26.8 Å². The van der Waals surface area contributed by atoms with E-state index in [4.69, 9.17) is 10.00 Å². The van der Waals surface area contributed by atoms with Crippen LogP contribution in [0.2, 0.25) is 0 Å².